The van der Waals surface area contributed by atoms with Crippen molar-refractivity contribution in [3.63, 3.8) is 0 Å². The Morgan fingerprint density at radius 3 is 1.27 bits per heavy atom. The van der Waals surface area contributed by atoms with Crippen molar-refractivity contribution >= 4 is 0 Å². The van der Waals surface area contributed by atoms with Crippen molar-refractivity contribution in [2.24, 2.45) is 16.2 Å². The van der Waals surface area contributed by atoms with E-state index in [2.05, 4.69) is 0 Å². The summed E-state index contributed by atoms with van der Waals surface area (Å²) in [7, 11) is 0. The zero-order valence-corrected chi connectivity index (χ0v) is 44.2. The lowest BCUT2D eigenvalue weighted by Gasteiger charge is -2.76. The third-order valence-corrected chi connectivity index (χ3v) is 21.1. The molecule has 6 fully saturated rings. The fourth-order valence-electron chi connectivity index (χ4n) is 12.5. The molecule has 10 unspecified atom stereocenters. The summed E-state index contributed by atoms with van der Waals surface area (Å²) in [6, 6.07) is 0. The number of rotatable bonds is 14. The molecule has 17 nitrogen and oxygen atoms in total. The molecule has 17 heteroatoms. The molecule has 2 bridgehead atoms. The molecule has 388 valence electrons. The van der Waals surface area contributed by atoms with Crippen LogP contribution in [0.3, 0.4) is 0 Å². The zero-order valence-electron chi connectivity index (χ0n) is 44.2. The van der Waals surface area contributed by atoms with E-state index in [0.29, 0.717) is 0 Å². The third-order valence-electron chi connectivity index (χ3n) is 21.1. The van der Waals surface area contributed by atoms with Crippen LogP contribution >= 0.6 is 0 Å². The second-order valence-electron chi connectivity index (χ2n) is 25.4. The first kappa shape index (κ1) is 56.2. The minimum atomic E-state index is -1.98. The first-order chi connectivity index (χ1) is 29.0. The average Bonchev–Trinajstić information content (AvgIpc) is 3.15. The number of ether oxygens (including phenoxy) is 8. The van der Waals surface area contributed by atoms with Crippen LogP contribution in [-0.2, 0) is 37.9 Å². The standard InChI is InChI=1S/C49H90O17/c1-31(2)35(8,42(15,53)37(10,51)27-62-31)25-60-30-39(12)45(18,56)44(17,55)36(9,32(3,4)63-39)26-61-29-38(11)43(16,54)34(7,41(14,52)33(5,6)64-38)22-23-59-28-40(13)46(19,57)48(21)47(20,58)49(24-50,65-40)66-48/h50-58H,22-30H2,1-21H3/t34?,35-,36-,37?,38-,39-,40-,41?,42?,43?,44?,45?,46?,47+,48?,49?/m1/s1. The summed E-state index contributed by atoms with van der Waals surface area (Å²) in [5, 5.41) is 107. The predicted molar refractivity (Wildman–Crippen MR) is 242 cm³/mol. The van der Waals surface area contributed by atoms with E-state index in [4.69, 9.17) is 37.9 Å². The van der Waals surface area contributed by atoms with Crippen LogP contribution in [0, 0.1) is 16.2 Å². The summed E-state index contributed by atoms with van der Waals surface area (Å²) in [5.41, 5.74) is -27.3. The quantitative estimate of drug-likeness (QED) is 0.114. The molecule has 0 aliphatic carbocycles. The lowest BCUT2D eigenvalue weighted by atomic mass is 9.51. The molecule has 6 saturated heterocycles. The molecular weight excluding hydrogens is 861 g/mol. The van der Waals surface area contributed by atoms with Crippen molar-refractivity contribution in [2.75, 3.05) is 52.9 Å². The number of hydrogen-bond acceptors (Lipinski definition) is 17. The van der Waals surface area contributed by atoms with Crippen LogP contribution in [0.25, 0.3) is 0 Å². The van der Waals surface area contributed by atoms with Crippen molar-refractivity contribution in [3.05, 3.63) is 0 Å². The van der Waals surface area contributed by atoms with Gasteiger partial charge in [-0.1, -0.05) is 20.8 Å². The van der Waals surface area contributed by atoms with E-state index in [9.17, 15) is 46.0 Å². The van der Waals surface area contributed by atoms with Crippen molar-refractivity contribution in [1.29, 1.82) is 0 Å². The van der Waals surface area contributed by atoms with Crippen molar-refractivity contribution in [3.8, 4) is 0 Å². The van der Waals surface area contributed by atoms with Crippen molar-refractivity contribution < 1.29 is 83.9 Å². The molecule has 6 aliphatic heterocycles. The normalized spacial score (nSPS) is 56.5. The van der Waals surface area contributed by atoms with Crippen molar-refractivity contribution in [1.82, 2.24) is 0 Å². The van der Waals surface area contributed by atoms with Gasteiger partial charge in [0.25, 0.3) is 0 Å². The van der Waals surface area contributed by atoms with Crippen LogP contribution in [0.15, 0.2) is 0 Å². The lowest BCUT2D eigenvalue weighted by molar-refractivity contribution is -0.579. The average molecular weight is 951 g/mol. The van der Waals surface area contributed by atoms with Gasteiger partial charge < -0.3 is 83.9 Å². The fraction of sp³-hybridized carbons (Fsp3) is 1.00. The third kappa shape index (κ3) is 6.58. The molecule has 0 radical (unpaired) electrons. The van der Waals surface area contributed by atoms with E-state index in [-0.39, 0.29) is 52.7 Å². The number of fused-ring (bicyclic) bond motifs is 2. The first-order valence-corrected chi connectivity index (χ1v) is 23.5. The van der Waals surface area contributed by atoms with Crippen LogP contribution < -0.4 is 0 Å². The number of hydrogen-bond donors (Lipinski definition) is 9. The Morgan fingerprint density at radius 1 is 0.379 bits per heavy atom. The summed E-state index contributed by atoms with van der Waals surface area (Å²) in [6.07, 6.45) is 0.0849. The van der Waals surface area contributed by atoms with E-state index >= 15 is 0 Å². The molecular formula is C49H90O17. The fourth-order valence-corrected chi connectivity index (χ4v) is 12.5. The van der Waals surface area contributed by atoms with Gasteiger partial charge in [0.05, 0.1) is 72.9 Å². The molecule has 16 atom stereocenters. The summed E-state index contributed by atoms with van der Waals surface area (Å²) in [4.78, 5) is 0. The Bertz CT molecular complexity index is 1850. The molecule has 9 N–H and O–H groups in total. The van der Waals surface area contributed by atoms with Gasteiger partial charge >= 0.3 is 0 Å². The Morgan fingerprint density at radius 2 is 0.803 bits per heavy atom. The van der Waals surface area contributed by atoms with Crippen LogP contribution in [0.1, 0.15) is 152 Å². The van der Waals surface area contributed by atoms with E-state index in [1.54, 1.807) is 96.9 Å². The molecule has 0 aromatic rings. The van der Waals surface area contributed by atoms with Gasteiger partial charge in [0, 0.05) is 12.0 Å². The summed E-state index contributed by atoms with van der Waals surface area (Å²) in [5.74, 6) is -1.78. The largest absolute Gasteiger partial charge is 0.391 e. The monoisotopic (exact) mass is 951 g/mol. The maximum atomic E-state index is 12.8. The minimum absolute atomic E-state index is 0.0279. The Balaban J connectivity index is 1.33. The summed E-state index contributed by atoms with van der Waals surface area (Å²) in [6.45, 7) is 33.1. The SMILES string of the molecule is CC1(O)COC(C)(C)[C@@](C)(COC[C@@]2(C)OC(C)(C)[C@@](C)(COC[C@@]3(C)OC(C)(C)C(C)(O)C(C)(CCOC[C@@]4(C)OC5(CO)OC(C)(C4(C)O)[C@]5(C)O)C3(C)O)C(C)(O)C2(C)O)C1(C)O. The smallest absolute Gasteiger partial charge is 0.225 e. The Hall–Kier alpha value is -0.680. The van der Waals surface area contributed by atoms with Crippen LogP contribution in [0.4, 0.5) is 0 Å². The second kappa shape index (κ2) is 15.2. The molecule has 0 amide bonds. The Labute approximate surface area is 393 Å². The van der Waals surface area contributed by atoms with Crippen molar-refractivity contribution in [2.45, 2.75) is 242 Å². The van der Waals surface area contributed by atoms with Crippen LogP contribution in [0.2, 0.25) is 0 Å². The molecule has 0 spiro atoms. The van der Waals surface area contributed by atoms with Gasteiger partial charge in [-0.2, -0.15) is 0 Å². The topological polar surface area (TPSA) is 256 Å². The molecule has 0 saturated carbocycles. The summed E-state index contributed by atoms with van der Waals surface area (Å²) >= 11 is 0. The molecule has 6 aliphatic rings. The van der Waals surface area contributed by atoms with Gasteiger partial charge in [-0.05, 0) is 131 Å². The van der Waals surface area contributed by atoms with Crippen LogP contribution in [-0.4, -0.2) is 189 Å². The van der Waals surface area contributed by atoms with E-state index < -0.39 is 113 Å². The van der Waals surface area contributed by atoms with Gasteiger partial charge in [-0.15, -0.1) is 0 Å². The highest BCUT2D eigenvalue weighted by Gasteiger charge is 2.86. The van der Waals surface area contributed by atoms with E-state index in [1.165, 1.54) is 34.6 Å². The summed E-state index contributed by atoms with van der Waals surface area (Å²) < 4.78 is 50.6. The van der Waals surface area contributed by atoms with Gasteiger partial charge in [0.2, 0.25) is 5.79 Å². The second-order valence-corrected chi connectivity index (χ2v) is 25.4. The van der Waals surface area contributed by atoms with Gasteiger partial charge in [0.1, 0.15) is 68.2 Å². The molecule has 6 rings (SSSR count). The molecule has 66 heavy (non-hydrogen) atoms. The predicted octanol–water partition coefficient (Wildman–Crippen LogP) is 2.66. The van der Waals surface area contributed by atoms with Gasteiger partial charge in [-0.25, -0.2) is 0 Å². The molecule has 0 aromatic carbocycles. The van der Waals surface area contributed by atoms with Gasteiger partial charge in [-0.3, -0.25) is 0 Å². The lowest BCUT2D eigenvalue weighted by Crippen LogP contribution is -2.96. The first-order valence-electron chi connectivity index (χ1n) is 23.5. The number of aliphatic hydroxyl groups excluding tert-OH is 1. The molecule has 0 aromatic heterocycles. The molecule has 6 heterocycles. The Kier molecular flexibility index (Phi) is 12.9. The maximum Gasteiger partial charge on any atom is 0.225 e. The highest BCUT2D eigenvalue weighted by Crippen LogP contribution is 2.66. The minimum Gasteiger partial charge on any atom is -0.391 e. The van der Waals surface area contributed by atoms with E-state index in [0.717, 1.165) is 0 Å². The van der Waals surface area contributed by atoms with Crippen LogP contribution in [0.5, 0.6) is 0 Å². The van der Waals surface area contributed by atoms with Gasteiger partial charge in [0.15, 0.2) is 0 Å². The highest BCUT2D eigenvalue weighted by molar-refractivity contribution is 5.30. The highest BCUT2D eigenvalue weighted by atomic mass is 16.8. The van der Waals surface area contributed by atoms with E-state index in [1.807, 2.05) is 13.8 Å². The number of aliphatic hydroxyl groups is 9. The maximum absolute atomic E-state index is 12.8. The zero-order chi connectivity index (χ0) is 51.5.